The Morgan fingerprint density at radius 3 is 2.75 bits per heavy atom. The van der Waals surface area contributed by atoms with E-state index in [1.54, 1.807) is 0 Å². The molecule has 0 saturated carbocycles. The normalized spacial score (nSPS) is 11.7. The molecular formula is C14H20N2O4. The van der Waals surface area contributed by atoms with Gasteiger partial charge in [0.05, 0.1) is 0 Å². The first kappa shape index (κ1) is 15.8. The van der Waals surface area contributed by atoms with Gasteiger partial charge in [0.1, 0.15) is 11.3 Å². The van der Waals surface area contributed by atoms with Gasteiger partial charge in [0.25, 0.3) is 5.91 Å². The number of carboxylic acids is 1. The number of rotatable bonds is 7. The van der Waals surface area contributed by atoms with Crippen molar-refractivity contribution in [3.8, 4) is 5.75 Å². The maximum absolute atomic E-state index is 11.6. The monoisotopic (exact) mass is 280 g/mol. The lowest BCUT2D eigenvalue weighted by Crippen LogP contribution is -2.36. The van der Waals surface area contributed by atoms with Gasteiger partial charge in [-0.2, -0.15) is 0 Å². The maximum atomic E-state index is 11.6. The number of hydrogen-bond acceptors (Lipinski definition) is 4. The summed E-state index contributed by atoms with van der Waals surface area (Å²) < 4.78 is 5.25. The summed E-state index contributed by atoms with van der Waals surface area (Å²) in [5.74, 6) is -1.30. The van der Waals surface area contributed by atoms with Crippen molar-refractivity contribution in [2.75, 3.05) is 12.3 Å². The highest BCUT2D eigenvalue weighted by molar-refractivity contribution is 5.92. The molecular weight excluding hydrogens is 260 g/mol. The summed E-state index contributed by atoms with van der Waals surface area (Å²) in [6.07, 6.45) is 1.86. The van der Waals surface area contributed by atoms with Gasteiger partial charge in [0.15, 0.2) is 6.61 Å². The average Bonchev–Trinajstić information content (AvgIpc) is 2.37. The summed E-state index contributed by atoms with van der Waals surface area (Å²) in [5.41, 5.74) is 5.80. The van der Waals surface area contributed by atoms with Crippen LogP contribution in [-0.4, -0.2) is 29.6 Å². The van der Waals surface area contributed by atoms with Gasteiger partial charge in [0.2, 0.25) is 0 Å². The van der Waals surface area contributed by atoms with Gasteiger partial charge in [-0.1, -0.05) is 13.3 Å². The molecule has 6 heteroatoms. The quantitative estimate of drug-likeness (QED) is 0.659. The van der Waals surface area contributed by atoms with Gasteiger partial charge in [-0.05, 0) is 31.5 Å². The lowest BCUT2D eigenvalue weighted by Gasteiger charge is -2.14. The zero-order valence-electron chi connectivity index (χ0n) is 11.7. The van der Waals surface area contributed by atoms with Crippen molar-refractivity contribution in [1.29, 1.82) is 0 Å². The molecule has 1 amide bonds. The van der Waals surface area contributed by atoms with Gasteiger partial charge in [-0.25, -0.2) is 4.79 Å². The fraction of sp³-hybridized carbons (Fsp3) is 0.429. The Kier molecular flexibility index (Phi) is 5.83. The van der Waals surface area contributed by atoms with E-state index in [0.717, 1.165) is 12.8 Å². The number of nitrogen functional groups attached to an aromatic ring is 1. The second-order valence-corrected chi connectivity index (χ2v) is 4.61. The van der Waals surface area contributed by atoms with Crippen molar-refractivity contribution < 1.29 is 19.4 Å². The smallest absolute Gasteiger partial charge is 0.339 e. The minimum atomic E-state index is -1.15. The minimum absolute atomic E-state index is 0.0561. The molecule has 0 saturated heterocycles. The van der Waals surface area contributed by atoms with E-state index in [1.807, 2.05) is 13.8 Å². The molecule has 0 bridgehead atoms. The van der Waals surface area contributed by atoms with E-state index in [2.05, 4.69) is 5.32 Å². The van der Waals surface area contributed by atoms with E-state index in [0.29, 0.717) is 5.69 Å². The van der Waals surface area contributed by atoms with Crippen LogP contribution in [-0.2, 0) is 4.79 Å². The number of carbonyl (C=O) groups is 2. The third-order valence-corrected chi connectivity index (χ3v) is 2.72. The van der Waals surface area contributed by atoms with Crippen LogP contribution in [0.5, 0.6) is 5.75 Å². The number of amides is 1. The zero-order chi connectivity index (χ0) is 15.1. The van der Waals surface area contributed by atoms with E-state index < -0.39 is 5.97 Å². The molecule has 0 heterocycles. The molecule has 0 aliphatic carbocycles. The molecule has 1 unspecified atom stereocenters. The number of benzene rings is 1. The largest absolute Gasteiger partial charge is 0.483 e. The summed E-state index contributed by atoms with van der Waals surface area (Å²) in [7, 11) is 0. The predicted molar refractivity (Wildman–Crippen MR) is 75.8 cm³/mol. The predicted octanol–water partition coefficient (Wildman–Crippen LogP) is 1.65. The van der Waals surface area contributed by atoms with Crippen LogP contribution < -0.4 is 15.8 Å². The van der Waals surface area contributed by atoms with E-state index in [-0.39, 0.29) is 29.9 Å². The first-order valence-electron chi connectivity index (χ1n) is 6.49. The molecule has 1 rings (SSSR count). The molecule has 1 aromatic rings. The molecule has 0 aliphatic rings. The number of aromatic carboxylic acids is 1. The molecule has 6 nitrogen and oxygen atoms in total. The summed E-state index contributed by atoms with van der Waals surface area (Å²) in [4.78, 5) is 22.7. The molecule has 1 aromatic carbocycles. The van der Waals surface area contributed by atoms with Gasteiger partial charge in [-0.3, -0.25) is 4.79 Å². The lowest BCUT2D eigenvalue weighted by atomic mass is 10.2. The van der Waals surface area contributed by atoms with Crippen LogP contribution >= 0.6 is 0 Å². The SMILES string of the molecule is CCCC(C)NC(=O)COc1ccc(N)cc1C(=O)O. The summed E-state index contributed by atoms with van der Waals surface area (Å²) >= 11 is 0. The maximum Gasteiger partial charge on any atom is 0.339 e. The highest BCUT2D eigenvalue weighted by Crippen LogP contribution is 2.21. The van der Waals surface area contributed by atoms with Crippen molar-refractivity contribution in [3.63, 3.8) is 0 Å². The highest BCUT2D eigenvalue weighted by atomic mass is 16.5. The third-order valence-electron chi connectivity index (χ3n) is 2.72. The molecule has 0 aliphatic heterocycles. The molecule has 0 fully saturated rings. The standard InChI is InChI=1S/C14H20N2O4/c1-3-4-9(2)16-13(17)8-20-12-6-5-10(15)7-11(12)14(18)19/h5-7,9H,3-4,8,15H2,1-2H3,(H,16,17)(H,18,19). The second-order valence-electron chi connectivity index (χ2n) is 4.61. The Hall–Kier alpha value is -2.24. The first-order chi connectivity index (χ1) is 9.43. The van der Waals surface area contributed by atoms with Crippen LogP contribution in [0.1, 0.15) is 37.0 Å². The Morgan fingerprint density at radius 1 is 1.45 bits per heavy atom. The van der Waals surface area contributed by atoms with E-state index in [1.165, 1.54) is 18.2 Å². The molecule has 0 aromatic heterocycles. The van der Waals surface area contributed by atoms with Crippen LogP contribution in [0.25, 0.3) is 0 Å². The van der Waals surface area contributed by atoms with Crippen LogP contribution in [0.3, 0.4) is 0 Å². The zero-order valence-corrected chi connectivity index (χ0v) is 11.7. The van der Waals surface area contributed by atoms with Crippen LogP contribution in [0.4, 0.5) is 5.69 Å². The average molecular weight is 280 g/mol. The minimum Gasteiger partial charge on any atom is -0.483 e. The number of nitrogens with one attached hydrogen (secondary N) is 1. The summed E-state index contributed by atoms with van der Waals surface area (Å²) in [6, 6.07) is 4.34. The molecule has 110 valence electrons. The van der Waals surface area contributed by atoms with Crippen molar-refractivity contribution in [2.45, 2.75) is 32.7 Å². The Labute approximate surface area is 117 Å². The van der Waals surface area contributed by atoms with Gasteiger partial charge >= 0.3 is 5.97 Å². The van der Waals surface area contributed by atoms with Crippen molar-refractivity contribution in [1.82, 2.24) is 5.32 Å². The number of nitrogens with two attached hydrogens (primary N) is 1. The number of anilines is 1. The van der Waals surface area contributed by atoms with Crippen molar-refractivity contribution >= 4 is 17.6 Å². The van der Waals surface area contributed by atoms with E-state index in [4.69, 9.17) is 15.6 Å². The van der Waals surface area contributed by atoms with Crippen molar-refractivity contribution in [3.05, 3.63) is 23.8 Å². The topological polar surface area (TPSA) is 102 Å². The molecule has 4 N–H and O–H groups in total. The van der Waals surface area contributed by atoms with E-state index in [9.17, 15) is 9.59 Å². The number of carboxylic acid groups (broad SMARTS) is 1. The second kappa shape index (κ2) is 7.37. The van der Waals surface area contributed by atoms with Crippen molar-refractivity contribution in [2.24, 2.45) is 0 Å². The first-order valence-corrected chi connectivity index (χ1v) is 6.49. The molecule has 1 atom stereocenters. The van der Waals surface area contributed by atoms with Gasteiger partial charge < -0.3 is 20.9 Å². The molecule has 0 radical (unpaired) electrons. The van der Waals surface area contributed by atoms with Crippen LogP contribution in [0.15, 0.2) is 18.2 Å². The van der Waals surface area contributed by atoms with Crippen LogP contribution in [0, 0.1) is 0 Å². The summed E-state index contributed by atoms with van der Waals surface area (Å²) in [6.45, 7) is 3.72. The Bertz CT molecular complexity index is 488. The number of carbonyl (C=O) groups excluding carboxylic acids is 1. The van der Waals surface area contributed by atoms with E-state index >= 15 is 0 Å². The molecule has 0 spiro atoms. The van der Waals surface area contributed by atoms with Crippen LogP contribution in [0.2, 0.25) is 0 Å². The number of hydrogen-bond donors (Lipinski definition) is 3. The highest BCUT2D eigenvalue weighted by Gasteiger charge is 2.13. The number of ether oxygens (including phenoxy) is 1. The van der Waals surface area contributed by atoms with Gasteiger partial charge in [0, 0.05) is 11.7 Å². The molecule has 20 heavy (non-hydrogen) atoms. The third kappa shape index (κ3) is 4.79. The lowest BCUT2D eigenvalue weighted by molar-refractivity contribution is -0.123. The Balaban J connectivity index is 2.61. The summed E-state index contributed by atoms with van der Waals surface area (Å²) in [5, 5.41) is 11.8. The Morgan fingerprint density at radius 2 is 2.15 bits per heavy atom. The fourth-order valence-corrected chi connectivity index (χ4v) is 1.81. The fourth-order valence-electron chi connectivity index (χ4n) is 1.81. The van der Waals surface area contributed by atoms with Gasteiger partial charge in [-0.15, -0.1) is 0 Å².